The average molecular weight is 539 g/mol. The van der Waals surface area contributed by atoms with Gasteiger partial charge in [-0.1, -0.05) is 24.3 Å². The molecule has 0 radical (unpaired) electrons. The van der Waals surface area contributed by atoms with E-state index in [1.54, 1.807) is 18.3 Å². The van der Waals surface area contributed by atoms with Crippen LogP contribution in [0.3, 0.4) is 0 Å². The Morgan fingerprint density at radius 1 is 1.00 bits per heavy atom. The van der Waals surface area contributed by atoms with E-state index >= 15 is 4.39 Å². The molecule has 2 amide bonds. The first-order valence-corrected chi connectivity index (χ1v) is 14.0. The molecule has 5 heterocycles. The summed E-state index contributed by atoms with van der Waals surface area (Å²) >= 11 is 0. The first-order chi connectivity index (χ1) is 19.4. The number of fused-ring (bicyclic) bond motifs is 2. The number of hydrogen-bond acceptors (Lipinski definition) is 5. The molecule has 1 saturated carbocycles. The predicted octanol–water partition coefficient (Wildman–Crippen LogP) is 4.48. The van der Waals surface area contributed by atoms with E-state index in [1.165, 1.54) is 11.1 Å². The van der Waals surface area contributed by atoms with Crippen LogP contribution < -0.4 is 10.6 Å². The van der Waals surface area contributed by atoms with Crippen molar-refractivity contribution in [1.82, 2.24) is 19.3 Å². The molecule has 0 bridgehead atoms. The number of nitrogens with two attached hydrogens (primary N) is 1. The Bertz CT molecular complexity index is 1660. The predicted molar refractivity (Wildman–Crippen MR) is 149 cm³/mol. The van der Waals surface area contributed by atoms with Gasteiger partial charge in [0.25, 0.3) is 5.91 Å². The lowest BCUT2D eigenvalue weighted by molar-refractivity contribution is -0.121. The number of carbonyl (C=O) groups is 2. The summed E-state index contributed by atoms with van der Waals surface area (Å²) in [5, 5.41) is 0. The van der Waals surface area contributed by atoms with Crippen molar-refractivity contribution >= 4 is 23.3 Å². The van der Waals surface area contributed by atoms with Gasteiger partial charge in [0, 0.05) is 32.0 Å². The maximum Gasteiger partial charge on any atom is 0.255 e. The molecule has 0 spiro atoms. The van der Waals surface area contributed by atoms with E-state index in [0.29, 0.717) is 54.6 Å². The molecule has 7 rings (SSSR count). The largest absolute Gasteiger partial charge is 0.369 e. The standard InChI is InChI=1S/C31H31FN6O2/c1-18-23-5-3-2-4-19(23)11-13-38(18)31(40)22-14-25(20-6-7-20)30-34-26(17-37(30)16-22)24-8-9-27(35-28(24)32)36-12-10-21(15-36)29(33)39/h2-5,8-9,14,16-18,20-21H,6-7,10-13,15H2,1H3,(H2,33,39)/t18-,21+/m1/s1. The first-order valence-electron chi connectivity index (χ1n) is 14.0. The number of halogens is 1. The summed E-state index contributed by atoms with van der Waals surface area (Å²) in [5.41, 5.74) is 11.1. The number of aromatic nitrogens is 3. The summed E-state index contributed by atoms with van der Waals surface area (Å²) in [7, 11) is 0. The van der Waals surface area contributed by atoms with Gasteiger partial charge in [-0.2, -0.15) is 4.39 Å². The minimum absolute atomic E-state index is 0.00173. The van der Waals surface area contributed by atoms with Crippen molar-refractivity contribution in [2.75, 3.05) is 24.5 Å². The van der Waals surface area contributed by atoms with Crippen LogP contribution in [0, 0.1) is 11.9 Å². The summed E-state index contributed by atoms with van der Waals surface area (Å²) in [6, 6.07) is 13.7. The topological polar surface area (TPSA) is 96.8 Å². The van der Waals surface area contributed by atoms with Crippen LogP contribution in [-0.2, 0) is 11.2 Å². The van der Waals surface area contributed by atoms with Gasteiger partial charge < -0.3 is 19.9 Å². The lowest BCUT2D eigenvalue weighted by Gasteiger charge is -2.35. The minimum atomic E-state index is -0.617. The summed E-state index contributed by atoms with van der Waals surface area (Å²) in [6.45, 7) is 3.80. The van der Waals surface area contributed by atoms with Crippen LogP contribution in [-0.4, -0.2) is 50.7 Å². The van der Waals surface area contributed by atoms with Crippen molar-refractivity contribution in [3.8, 4) is 11.3 Å². The van der Waals surface area contributed by atoms with E-state index in [-0.39, 0.29) is 23.8 Å². The molecule has 1 aliphatic carbocycles. The molecule has 0 unspecified atom stereocenters. The molecule has 3 aliphatic rings. The van der Waals surface area contributed by atoms with E-state index in [0.717, 1.165) is 30.5 Å². The van der Waals surface area contributed by atoms with Gasteiger partial charge in [-0.15, -0.1) is 0 Å². The van der Waals surface area contributed by atoms with Gasteiger partial charge in [0.1, 0.15) is 11.5 Å². The Labute approximate surface area is 231 Å². The molecule has 2 atom stereocenters. The van der Waals surface area contributed by atoms with Crippen LogP contribution in [0.25, 0.3) is 16.9 Å². The Morgan fingerprint density at radius 2 is 1.82 bits per heavy atom. The highest BCUT2D eigenvalue weighted by Gasteiger charge is 2.32. The molecule has 1 saturated heterocycles. The van der Waals surface area contributed by atoms with Gasteiger partial charge >= 0.3 is 0 Å². The average Bonchev–Trinajstić information content (AvgIpc) is 3.51. The zero-order chi connectivity index (χ0) is 27.5. The highest BCUT2D eigenvalue weighted by molar-refractivity contribution is 5.95. The second-order valence-electron chi connectivity index (χ2n) is 11.3. The zero-order valence-corrected chi connectivity index (χ0v) is 22.4. The molecular formula is C31H31FN6O2. The van der Waals surface area contributed by atoms with E-state index in [4.69, 9.17) is 10.7 Å². The molecule has 4 aromatic rings. The number of imidazole rings is 1. The summed E-state index contributed by atoms with van der Waals surface area (Å²) in [6.07, 6.45) is 7.18. The smallest absolute Gasteiger partial charge is 0.255 e. The number of hydrogen-bond donors (Lipinski definition) is 1. The molecule has 2 N–H and O–H groups in total. The van der Waals surface area contributed by atoms with Crippen molar-refractivity contribution < 1.29 is 14.0 Å². The number of pyridine rings is 2. The molecule has 8 nitrogen and oxygen atoms in total. The van der Waals surface area contributed by atoms with E-state index in [1.807, 2.05) is 38.6 Å². The quantitative estimate of drug-likeness (QED) is 0.378. The number of nitrogens with zero attached hydrogens (tertiary/aromatic N) is 5. The SMILES string of the molecule is C[C@@H]1c2ccccc2CCN1C(=O)c1cc(C2CC2)c2nc(-c3ccc(N4CC[C@H](C(N)=O)C4)nc3F)cn2c1. The maximum atomic E-state index is 15.3. The van der Waals surface area contributed by atoms with Crippen molar-refractivity contribution in [3.63, 3.8) is 0 Å². The number of carbonyl (C=O) groups excluding carboxylic acids is 2. The lowest BCUT2D eigenvalue weighted by atomic mass is 9.93. The van der Waals surface area contributed by atoms with Crippen LogP contribution in [0.15, 0.2) is 54.9 Å². The Kier molecular flexibility index (Phi) is 5.83. The molecular weight excluding hydrogens is 507 g/mol. The van der Waals surface area contributed by atoms with Gasteiger partial charge in [-0.05, 0) is 73.4 Å². The van der Waals surface area contributed by atoms with Gasteiger partial charge in [0.15, 0.2) is 0 Å². The third-order valence-corrected chi connectivity index (χ3v) is 8.72. The summed E-state index contributed by atoms with van der Waals surface area (Å²) in [5.74, 6) is -0.371. The lowest BCUT2D eigenvalue weighted by Crippen LogP contribution is -2.39. The van der Waals surface area contributed by atoms with Crippen molar-refractivity contribution in [3.05, 3.63) is 83.1 Å². The number of benzene rings is 1. The van der Waals surface area contributed by atoms with Crippen LogP contribution in [0.2, 0.25) is 0 Å². The molecule has 204 valence electrons. The Hall–Kier alpha value is -4.27. The highest BCUT2D eigenvalue weighted by Crippen LogP contribution is 2.43. The third-order valence-electron chi connectivity index (χ3n) is 8.72. The number of amides is 2. The normalized spacial score (nSPS) is 20.6. The molecule has 40 heavy (non-hydrogen) atoms. The summed E-state index contributed by atoms with van der Waals surface area (Å²) < 4.78 is 17.2. The molecule has 2 fully saturated rings. The molecule has 1 aromatic carbocycles. The van der Waals surface area contributed by atoms with Crippen LogP contribution in [0.1, 0.15) is 65.2 Å². The zero-order valence-electron chi connectivity index (χ0n) is 22.4. The Morgan fingerprint density at radius 3 is 2.58 bits per heavy atom. The second-order valence-corrected chi connectivity index (χ2v) is 11.3. The van der Waals surface area contributed by atoms with Crippen LogP contribution in [0.4, 0.5) is 10.2 Å². The van der Waals surface area contributed by atoms with Gasteiger partial charge in [0.2, 0.25) is 11.9 Å². The van der Waals surface area contributed by atoms with Crippen molar-refractivity contribution in [1.29, 1.82) is 0 Å². The maximum absolute atomic E-state index is 15.3. The van der Waals surface area contributed by atoms with Crippen LogP contribution >= 0.6 is 0 Å². The fourth-order valence-corrected chi connectivity index (χ4v) is 6.27. The van der Waals surface area contributed by atoms with Crippen LogP contribution in [0.5, 0.6) is 0 Å². The minimum Gasteiger partial charge on any atom is -0.369 e. The van der Waals surface area contributed by atoms with Crippen molar-refractivity contribution in [2.45, 2.75) is 44.6 Å². The van der Waals surface area contributed by atoms with E-state index in [2.05, 4.69) is 24.0 Å². The molecule has 2 aliphatic heterocycles. The van der Waals surface area contributed by atoms with Crippen molar-refractivity contribution in [2.24, 2.45) is 11.7 Å². The number of rotatable bonds is 5. The first kappa shape index (κ1) is 24.7. The fourth-order valence-electron chi connectivity index (χ4n) is 6.27. The highest BCUT2D eigenvalue weighted by atomic mass is 19.1. The van der Waals surface area contributed by atoms with E-state index in [9.17, 15) is 9.59 Å². The van der Waals surface area contributed by atoms with E-state index < -0.39 is 5.95 Å². The number of primary amides is 1. The number of anilines is 1. The van der Waals surface area contributed by atoms with Gasteiger partial charge in [-0.3, -0.25) is 9.59 Å². The van der Waals surface area contributed by atoms with Gasteiger partial charge in [-0.25, -0.2) is 9.97 Å². The molecule has 3 aromatic heterocycles. The fraction of sp³-hybridized carbons (Fsp3) is 0.355. The summed E-state index contributed by atoms with van der Waals surface area (Å²) in [4.78, 5) is 38.2. The molecule has 9 heteroatoms. The second kappa shape index (κ2) is 9.43. The Balaban J connectivity index is 1.21. The van der Waals surface area contributed by atoms with Gasteiger partial charge in [0.05, 0.1) is 28.8 Å². The monoisotopic (exact) mass is 538 g/mol. The third kappa shape index (κ3) is 4.20.